The Balaban J connectivity index is 1.38. The van der Waals surface area contributed by atoms with Crippen molar-refractivity contribution in [2.45, 2.75) is 45.3 Å². The Hall–Kier alpha value is -1.73. The van der Waals surface area contributed by atoms with Gasteiger partial charge in [0.05, 0.1) is 22.4 Å². The van der Waals surface area contributed by atoms with E-state index in [1.165, 1.54) is 5.69 Å². The minimum absolute atomic E-state index is 0.223. The van der Waals surface area contributed by atoms with E-state index < -0.39 is 0 Å². The molecule has 0 saturated heterocycles. The Morgan fingerprint density at radius 2 is 2.33 bits per heavy atom. The van der Waals surface area contributed by atoms with Gasteiger partial charge in [-0.05, 0) is 32.3 Å². The summed E-state index contributed by atoms with van der Waals surface area (Å²) >= 11 is 1.70. The van der Waals surface area contributed by atoms with Gasteiger partial charge in [0.25, 0.3) is 0 Å². The zero-order chi connectivity index (χ0) is 16.5. The highest BCUT2D eigenvalue weighted by molar-refractivity contribution is 7.09. The molecule has 2 aromatic rings. The maximum atomic E-state index is 11.8. The summed E-state index contributed by atoms with van der Waals surface area (Å²) < 4.78 is 2.13. The molecule has 2 aromatic heterocycles. The van der Waals surface area contributed by atoms with Crippen molar-refractivity contribution in [3.63, 3.8) is 0 Å². The van der Waals surface area contributed by atoms with Crippen molar-refractivity contribution < 1.29 is 4.79 Å². The molecule has 1 unspecified atom stereocenters. The third-order valence-electron chi connectivity index (χ3n) is 4.73. The van der Waals surface area contributed by atoms with Crippen LogP contribution in [0, 0.1) is 12.8 Å². The second kappa shape index (κ2) is 6.64. The molecule has 1 amide bonds. The molecule has 1 saturated carbocycles. The summed E-state index contributed by atoms with van der Waals surface area (Å²) in [5.74, 6) is 0.502. The molecule has 0 radical (unpaired) electrons. The number of hydrogen-bond acceptors (Lipinski definition) is 5. The second-order valence-corrected chi connectivity index (χ2v) is 7.86. The monoisotopic (exact) mass is 345 g/mol. The Morgan fingerprint density at radius 1 is 1.46 bits per heavy atom. The molecular weight excluding hydrogens is 322 g/mol. The summed E-state index contributed by atoms with van der Waals surface area (Å²) in [4.78, 5) is 18.8. The standard InChI is InChI=1S/C17H23N5OS/c1-12-20-14(11-24-12)8-21-9-15(22-16(10-21)5-7-19-22)4-6-18-17(23)13-2-3-13/h5,7,11,13,15H,2-4,6,8-10H2,1H3,(H,18,23). The quantitative estimate of drug-likeness (QED) is 0.871. The lowest BCUT2D eigenvalue weighted by molar-refractivity contribution is -0.122. The van der Waals surface area contributed by atoms with Crippen LogP contribution in [0.4, 0.5) is 0 Å². The van der Waals surface area contributed by atoms with Gasteiger partial charge in [-0.3, -0.25) is 14.4 Å². The lowest BCUT2D eigenvalue weighted by Crippen LogP contribution is -2.39. The fourth-order valence-corrected chi connectivity index (χ4v) is 3.96. The minimum Gasteiger partial charge on any atom is -0.356 e. The van der Waals surface area contributed by atoms with Gasteiger partial charge in [0, 0.05) is 43.7 Å². The third kappa shape index (κ3) is 3.52. The molecule has 24 heavy (non-hydrogen) atoms. The zero-order valence-electron chi connectivity index (χ0n) is 13.9. The summed E-state index contributed by atoms with van der Waals surface area (Å²) in [5, 5.41) is 10.8. The number of aromatic nitrogens is 3. The van der Waals surface area contributed by atoms with Crippen molar-refractivity contribution >= 4 is 17.2 Å². The smallest absolute Gasteiger partial charge is 0.223 e. The second-order valence-electron chi connectivity index (χ2n) is 6.80. The summed E-state index contributed by atoms with van der Waals surface area (Å²) in [6.07, 6.45) is 4.90. The molecule has 1 aliphatic heterocycles. The Labute approximate surface area is 145 Å². The zero-order valence-corrected chi connectivity index (χ0v) is 14.8. The summed E-state index contributed by atoms with van der Waals surface area (Å²) in [6.45, 7) is 5.50. The van der Waals surface area contributed by atoms with E-state index in [0.717, 1.165) is 56.1 Å². The largest absolute Gasteiger partial charge is 0.356 e. The molecular formula is C17H23N5OS. The first kappa shape index (κ1) is 15.8. The number of carbonyl (C=O) groups is 1. The van der Waals surface area contributed by atoms with Gasteiger partial charge in [-0.1, -0.05) is 0 Å². The van der Waals surface area contributed by atoms with Crippen molar-refractivity contribution in [3.05, 3.63) is 34.0 Å². The minimum atomic E-state index is 0.223. The summed E-state index contributed by atoms with van der Waals surface area (Å²) in [7, 11) is 0. The first-order chi connectivity index (χ1) is 11.7. The molecule has 1 aliphatic carbocycles. The number of nitrogens with one attached hydrogen (secondary N) is 1. The van der Waals surface area contributed by atoms with Gasteiger partial charge in [-0.15, -0.1) is 11.3 Å². The number of thiazole rings is 1. The highest BCUT2D eigenvalue weighted by Crippen LogP contribution is 2.29. The lowest BCUT2D eigenvalue weighted by Gasteiger charge is -2.33. The molecule has 0 aromatic carbocycles. The maximum Gasteiger partial charge on any atom is 0.223 e. The SMILES string of the molecule is Cc1nc(CN2Cc3ccnn3C(CCNC(=O)C3CC3)C2)cs1. The highest BCUT2D eigenvalue weighted by Gasteiger charge is 2.30. The Morgan fingerprint density at radius 3 is 3.08 bits per heavy atom. The van der Waals surface area contributed by atoms with Gasteiger partial charge in [0.1, 0.15) is 0 Å². The van der Waals surface area contributed by atoms with E-state index in [1.54, 1.807) is 11.3 Å². The molecule has 4 rings (SSSR count). The van der Waals surface area contributed by atoms with Crippen molar-refractivity contribution in [2.24, 2.45) is 5.92 Å². The predicted octanol–water partition coefficient (Wildman–Crippen LogP) is 2.12. The van der Waals surface area contributed by atoms with Gasteiger partial charge in [0.15, 0.2) is 0 Å². The van der Waals surface area contributed by atoms with Crippen molar-refractivity contribution in [2.75, 3.05) is 13.1 Å². The highest BCUT2D eigenvalue weighted by atomic mass is 32.1. The fourth-order valence-electron chi connectivity index (χ4n) is 3.36. The van der Waals surface area contributed by atoms with Crippen LogP contribution in [0.3, 0.4) is 0 Å². The fraction of sp³-hybridized carbons (Fsp3) is 0.588. The molecule has 0 spiro atoms. The summed E-state index contributed by atoms with van der Waals surface area (Å²) in [6, 6.07) is 2.40. The van der Waals surface area contributed by atoms with E-state index in [2.05, 4.69) is 36.4 Å². The first-order valence-corrected chi connectivity index (χ1v) is 9.50. The predicted molar refractivity (Wildman–Crippen MR) is 92.6 cm³/mol. The van der Waals surface area contributed by atoms with Gasteiger partial charge < -0.3 is 5.32 Å². The van der Waals surface area contributed by atoms with Gasteiger partial charge in [-0.2, -0.15) is 5.10 Å². The van der Waals surface area contributed by atoms with E-state index in [1.807, 2.05) is 13.1 Å². The van der Waals surface area contributed by atoms with Gasteiger partial charge in [0.2, 0.25) is 5.91 Å². The molecule has 3 heterocycles. The van der Waals surface area contributed by atoms with Crippen molar-refractivity contribution in [3.8, 4) is 0 Å². The number of nitrogens with zero attached hydrogens (tertiary/aromatic N) is 4. The molecule has 1 fully saturated rings. The number of rotatable bonds is 6. The molecule has 0 bridgehead atoms. The number of hydrogen-bond donors (Lipinski definition) is 1. The van der Waals surface area contributed by atoms with Gasteiger partial charge in [-0.25, -0.2) is 4.98 Å². The topological polar surface area (TPSA) is 63.1 Å². The first-order valence-electron chi connectivity index (χ1n) is 8.62. The molecule has 128 valence electrons. The van der Waals surface area contributed by atoms with Crippen LogP contribution in [0.5, 0.6) is 0 Å². The van der Waals surface area contributed by atoms with Crippen LogP contribution in [0.2, 0.25) is 0 Å². The van der Waals surface area contributed by atoms with Crippen LogP contribution in [0.1, 0.15) is 41.7 Å². The maximum absolute atomic E-state index is 11.8. The average Bonchev–Trinajstić information content (AvgIpc) is 3.18. The third-order valence-corrected chi connectivity index (χ3v) is 5.55. The Bertz CT molecular complexity index is 720. The number of carbonyl (C=O) groups excluding carboxylic acids is 1. The van der Waals surface area contributed by atoms with Crippen LogP contribution in [0.25, 0.3) is 0 Å². The number of amides is 1. The van der Waals surface area contributed by atoms with E-state index in [0.29, 0.717) is 6.04 Å². The normalized spacial score (nSPS) is 20.8. The summed E-state index contributed by atoms with van der Waals surface area (Å²) in [5.41, 5.74) is 2.39. The van der Waals surface area contributed by atoms with Crippen LogP contribution < -0.4 is 5.32 Å². The molecule has 1 atom stereocenters. The average molecular weight is 345 g/mol. The number of aryl methyl sites for hydroxylation is 1. The van der Waals surface area contributed by atoms with Crippen molar-refractivity contribution in [1.29, 1.82) is 0 Å². The van der Waals surface area contributed by atoms with E-state index in [4.69, 9.17) is 0 Å². The van der Waals surface area contributed by atoms with E-state index >= 15 is 0 Å². The van der Waals surface area contributed by atoms with Crippen LogP contribution >= 0.6 is 11.3 Å². The van der Waals surface area contributed by atoms with Crippen molar-refractivity contribution in [1.82, 2.24) is 25.0 Å². The molecule has 6 nitrogen and oxygen atoms in total. The van der Waals surface area contributed by atoms with Crippen LogP contribution in [-0.4, -0.2) is 38.7 Å². The van der Waals surface area contributed by atoms with E-state index in [9.17, 15) is 4.79 Å². The van der Waals surface area contributed by atoms with Crippen LogP contribution in [0.15, 0.2) is 17.6 Å². The lowest BCUT2D eigenvalue weighted by atomic mass is 10.1. The molecule has 7 heteroatoms. The van der Waals surface area contributed by atoms with Gasteiger partial charge >= 0.3 is 0 Å². The van der Waals surface area contributed by atoms with E-state index in [-0.39, 0.29) is 11.8 Å². The molecule has 2 aliphatic rings. The Kier molecular flexibility index (Phi) is 4.37. The van der Waals surface area contributed by atoms with Crippen LogP contribution in [-0.2, 0) is 17.9 Å². The molecule has 1 N–H and O–H groups in total. The number of fused-ring (bicyclic) bond motifs is 1.